The molecule has 0 bridgehead atoms. The van der Waals surface area contributed by atoms with E-state index < -0.39 is 0 Å². The summed E-state index contributed by atoms with van der Waals surface area (Å²) in [6.07, 6.45) is 8.02. The smallest absolute Gasteiger partial charge is 0.197 e. The lowest BCUT2D eigenvalue weighted by molar-refractivity contribution is 0.414. The second kappa shape index (κ2) is 6.58. The summed E-state index contributed by atoms with van der Waals surface area (Å²) in [4.78, 5) is 17.1. The molecular formula is C18H14Cl2N4O. The molecule has 25 heavy (non-hydrogen) atoms. The van der Waals surface area contributed by atoms with Crippen LogP contribution in [0.2, 0.25) is 10.0 Å². The minimum absolute atomic E-state index is 0.320. The van der Waals surface area contributed by atoms with Crippen LogP contribution < -0.4 is 4.74 Å². The number of hydrogen-bond acceptors (Lipinski definition) is 5. The van der Waals surface area contributed by atoms with Crippen LogP contribution in [-0.2, 0) is 0 Å². The lowest BCUT2D eigenvalue weighted by atomic mass is 10.1. The van der Waals surface area contributed by atoms with Crippen molar-refractivity contribution in [3.8, 4) is 17.4 Å². The van der Waals surface area contributed by atoms with Gasteiger partial charge in [-0.25, -0.2) is 19.9 Å². The molecule has 0 radical (unpaired) electrons. The van der Waals surface area contributed by atoms with Crippen molar-refractivity contribution in [3.05, 3.63) is 64.2 Å². The Bertz CT molecular complexity index is 903. The van der Waals surface area contributed by atoms with Crippen molar-refractivity contribution in [3.63, 3.8) is 0 Å². The van der Waals surface area contributed by atoms with Gasteiger partial charge in [-0.05, 0) is 47.6 Å². The third kappa shape index (κ3) is 3.17. The Balaban J connectivity index is 1.56. The van der Waals surface area contributed by atoms with Gasteiger partial charge in [-0.15, -0.1) is 0 Å². The Kier molecular flexibility index (Phi) is 4.27. The molecule has 0 aliphatic heterocycles. The number of aromatic nitrogens is 4. The van der Waals surface area contributed by atoms with Gasteiger partial charge in [0.25, 0.3) is 0 Å². The summed E-state index contributed by atoms with van der Waals surface area (Å²) in [5, 5.41) is 1.18. The molecule has 1 aliphatic carbocycles. The molecule has 1 fully saturated rings. The summed E-state index contributed by atoms with van der Waals surface area (Å²) in [5.74, 6) is 2.34. The number of methoxy groups -OCH3 is 1. The highest BCUT2D eigenvalue weighted by Gasteiger charge is 2.41. The van der Waals surface area contributed by atoms with Crippen LogP contribution in [0.25, 0.3) is 11.6 Å². The Morgan fingerprint density at radius 2 is 1.60 bits per heavy atom. The summed E-state index contributed by atoms with van der Waals surface area (Å²) in [5.41, 5.74) is 2.12. The van der Waals surface area contributed by atoms with Crippen LogP contribution in [-0.4, -0.2) is 27.0 Å². The Labute approximate surface area is 155 Å². The summed E-state index contributed by atoms with van der Waals surface area (Å²) < 4.78 is 5.30. The van der Waals surface area contributed by atoms with Gasteiger partial charge < -0.3 is 4.74 Å². The molecule has 0 spiro atoms. The minimum atomic E-state index is 0.320. The second-order valence-corrected chi connectivity index (χ2v) is 6.68. The molecular weight excluding hydrogens is 359 g/mol. The fourth-order valence-electron chi connectivity index (χ4n) is 2.95. The van der Waals surface area contributed by atoms with Gasteiger partial charge in [-0.1, -0.05) is 23.2 Å². The Hall–Kier alpha value is -2.24. The maximum absolute atomic E-state index is 6.36. The fourth-order valence-corrected chi connectivity index (χ4v) is 3.55. The van der Waals surface area contributed by atoms with Gasteiger partial charge in [0.2, 0.25) is 0 Å². The van der Waals surface area contributed by atoms with Crippen LogP contribution in [0.1, 0.15) is 29.4 Å². The first kappa shape index (κ1) is 16.2. The molecule has 1 aliphatic rings. The van der Waals surface area contributed by atoms with E-state index in [0.717, 1.165) is 17.5 Å². The van der Waals surface area contributed by atoms with Crippen molar-refractivity contribution in [1.82, 2.24) is 19.9 Å². The van der Waals surface area contributed by atoms with Gasteiger partial charge in [0.1, 0.15) is 5.75 Å². The van der Waals surface area contributed by atoms with Crippen LogP contribution in [0.5, 0.6) is 5.75 Å². The van der Waals surface area contributed by atoms with Gasteiger partial charge in [-0.2, -0.15) is 0 Å². The molecule has 2 aromatic heterocycles. The summed E-state index contributed by atoms with van der Waals surface area (Å²) in [6, 6.07) is 5.41. The number of rotatable bonds is 4. The van der Waals surface area contributed by atoms with Crippen molar-refractivity contribution in [2.24, 2.45) is 0 Å². The van der Waals surface area contributed by atoms with E-state index in [1.54, 1.807) is 31.6 Å². The van der Waals surface area contributed by atoms with Gasteiger partial charge in [-0.3, -0.25) is 0 Å². The lowest BCUT2D eigenvalue weighted by Gasteiger charge is -2.09. The lowest BCUT2D eigenvalue weighted by Crippen LogP contribution is -1.96. The van der Waals surface area contributed by atoms with Gasteiger partial charge >= 0.3 is 0 Å². The first-order chi connectivity index (χ1) is 12.2. The molecule has 0 N–H and O–H groups in total. The summed E-state index contributed by atoms with van der Waals surface area (Å²) in [6.45, 7) is 0. The quantitative estimate of drug-likeness (QED) is 0.673. The molecule has 1 saturated carbocycles. The van der Waals surface area contributed by atoms with Crippen molar-refractivity contribution < 1.29 is 4.74 Å². The number of benzene rings is 1. The fraction of sp³-hybridized carbons (Fsp3) is 0.222. The molecule has 5 nitrogen and oxygen atoms in total. The van der Waals surface area contributed by atoms with Crippen molar-refractivity contribution in [2.75, 3.05) is 7.11 Å². The van der Waals surface area contributed by atoms with E-state index in [2.05, 4.69) is 19.9 Å². The molecule has 3 aromatic rings. The number of nitrogens with zero attached hydrogens (tertiary/aromatic N) is 4. The normalized spacial score (nSPS) is 18.8. The summed E-state index contributed by atoms with van der Waals surface area (Å²) in [7, 11) is 1.60. The Morgan fingerprint density at radius 1 is 0.920 bits per heavy atom. The molecule has 2 atom stereocenters. The predicted octanol–water partition coefficient (Wildman–Crippen LogP) is 4.52. The van der Waals surface area contributed by atoms with Crippen LogP contribution in [0.3, 0.4) is 0 Å². The van der Waals surface area contributed by atoms with Crippen LogP contribution >= 0.6 is 23.2 Å². The monoisotopic (exact) mass is 372 g/mol. The zero-order valence-corrected chi connectivity index (χ0v) is 14.9. The van der Waals surface area contributed by atoms with Gasteiger partial charge in [0, 0.05) is 29.8 Å². The molecule has 126 valence electrons. The van der Waals surface area contributed by atoms with Crippen LogP contribution in [0, 0.1) is 0 Å². The topological polar surface area (TPSA) is 60.8 Å². The molecule has 2 heterocycles. The number of halogens is 2. The summed E-state index contributed by atoms with van der Waals surface area (Å²) >= 11 is 12.5. The minimum Gasteiger partial charge on any atom is -0.495 e. The van der Waals surface area contributed by atoms with Crippen LogP contribution in [0.4, 0.5) is 0 Å². The molecule has 1 aromatic carbocycles. The maximum atomic E-state index is 6.36. The van der Waals surface area contributed by atoms with Crippen molar-refractivity contribution in [2.45, 2.75) is 18.3 Å². The van der Waals surface area contributed by atoms with E-state index in [1.807, 2.05) is 18.5 Å². The van der Waals surface area contributed by atoms with Crippen LogP contribution in [0.15, 0.2) is 43.0 Å². The Morgan fingerprint density at radius 3 is 2.28 bits per heavy atom. The zero-order chi connectivity index (χ0) is 17.4. The molecule has 2 unspecified atom stereocenters. The molecule has 0 saturated heterocycles. The highest BCUT2D eigenvalue weighted by atomic mass is 35.5. The molecule has 4 rings (SSSR count). The van der Waals surface area contributed by atoms with Crippen molar-refractivity contribution in [1.29, 1.82) is 0 Å². The SMILES string of the molecule is COc1cc(C2CC2c2cnc(-c3ncccn3)nc2)c(Cl)cc1Cl. The first-order valence-electron chi connectivity index (χ1n) is 7.79. The van der Waals surface area contributed by atoms with Crippen molar-refractivity contribution >= 4 is 23.2 Å². The van der Waals surface area contributed by atoms with E-state index in [-0.39, 0.29) is 0 Å². The van der Waals surface area contributed by atoms with Gasteiger partial charge in [0.15, 0.2) is 11.6 Å². The molecule has 7 heteroatoms. The zero-order valence-electron chi connectivity index (χ0n) is 13.4. The van der Waals surface area contributed by atoms with E-state index in [1.165, 1.54) is 0 Å². The third-order valence-corrected chi connectivity index (χ3v) is 4.95. The second-order valence-electron chi connectivity index (χ2n) is 5.87. The van der Waals surface area contributed by atoms with E-state index in [4.69, 9.17) is 27.9 Å². The highest BCUT2D eigenvalue weighted by Crippen LogP contribution is 2.56. The average Bonchev–Trinajstić information content (AvgIpc) is 3.43. The largest absolute Gasteiger partial charge is 0.495 e. The number of hydrogen-bond donors (Lipinski definition) is 0. The van der Waals surface area contributed by atoms with Gasteiger partial charge in [0.05, 0.1) is 12.1 Å². The predicted molar refractivity (Wildman–Crippen MR) is 96.2 cm³/mol. The third-order valence-electron chi connectivity index (χ3n) is 4.33. The van der Waals surface area contributed by atoms with E-state index in [0.29, 0.717) is 39.3 Å². The van der Waals surface area contributed by atoms with E-state index in [9.17, 15) is 0 Å². The standard InChI is InChI=1S/C18H14Cl2N4O/c1-25-16-6-13(14(19)7-15(16)20)12-5-11(12)10-8-23-18(24-9-10)17-21-3-2-4-22-17/h2-4,6-9,11-12H,5H2,1H3. The molecule has 0 amide bonds. The average molecular weight is 373 g/mol. The number of ether oxygens (including phenoxy) is 1. The first-order valence-corrected chi connectivity index (χ1v) is 8.55. The maximum Gasteiger partial charge on any atom is 0.197 e. The van der Waals surface area contributed by atoms with E-state index >= 15 is 0 Å². The highest BCUT2D eigenvalue weighted by molar-refractivity contribution is 6.36.